The molecule has 0 aromatic rings. The second kappa shape index (κ2) is 7.66. The minimum atomic E-state index is 0.145. The summed E-state index contributed by atoms with van der Waals surface area (Å²) in [6.45, 7) is 5.64. The lowest BCUT2D eigenvalue weighted by Gasteiger charge is -2.22. The highest BCUT2D eigenvalue weighted by Crippen LogP contribution is 2.16. The number of amides is 1. The molecule has 1 aliphatic rings. The van der Waals surface area contributed by atoms with Crippen LogP contribution in [0.1, 0.15) is 52.4 Å². The van der Waals surface area contributed by atoms with Gasteiger partial charge in [-0.05, 0) is 25.2 Å². The fraction of sp³-hybridized carbons (Fsp3) is 0.923. The van der Waals surface area contributed by atoms with Crippen LogP contribution in [-0.4, -0.2) is 25.0 Å². The molecule has 0 saturated heterocycles. The minimum absolute atomic E-state index is 0.145. The first-order chi connectivity index (χ1) is 7.68. The van der Waals surface area contributed by atoms with E-state index in [1.54, 1.807) is 0 Å². The number of carbonyl (C=O) groups is 1. The first-order valence-electron chi connectivity index (χ1n) is 6.68. The number of nitrogens with one attached hydrogen (secondary N) is 2. The van der Waals surface area contributed by atoms with Crippen molar-refractivity contribution in [3.05, 3.63) is 0 Å². The molecule has 0 heterocycles. The Kier molecular flexibility index (Phi) is 6.46. The molecule has 0 aromatic heterocycles. The Balaban J connectivity index is 2.00. The van der Waals surface area contributed by atoms with Gasteiger partial charge in [-0.3, -0.25) is 4.79 Å². The molecule has 0 unspecified atom stereocenters. The molecule has 0 atom stereocenters. The van der Waals surface area contributed by atoms with Crippen LogP contribution in [-0.2, 0) is 4.79 Å². The molecule has 1 saturated carbocycles. The van der Waals surface area contributed by atoms with Crippen LogP contribution in [0, 0.1) is 5.92 Å². The molecule has 3 nitrogen and oxygen atoms in total. The summed E-state index contributed by atoms with van der Waals surface area (Å²) < 4.78 is 0. The largest absolute Gasteiger partial charge is 0.355 e. The van der Waals surface area contributed by atoms with Gasteiger partial charge in [-0.1, -0.05) is 33.1 Å². The average molecular weight is 226 g/mol. The van der Waals surface area contributed by atoms with Gasteiger partial charge < -0.3 is 10.6 Å². The molecule has 1 fully saturated rings. The second-order valence-electron chi connectivity index (χ2n) is 5.25. The van der Waals surface area contributed by atoms with E-state index in [2.05, 4.69) is 24.5 Å². The van der Waals surface area contributed by atoms with Crippen molar-refractivity contribution < 1.29 is 4.79 Å². The molecule has 2 N–H and O–H groups in total. The molecule has 0 radical (unpaired) electrons. The van der Waals surface area contributed by atoms with Crippen LogP contribution in [0.3, 0.4) is 0 Å². The van der Waals surface area contributed by atoms with Gasteiger partial charge in [0.25, 0.3) is 0 Å². The van der Waals surface area contributed by atoms with Crippen molar-refractivity contribution in [2.75, 3.05) is 13.1 Å². The second-order valence-corrected chi connectivity index (χ2v) is 5.25. The van der Waals surface area contributed by atoms with Crippen LogP contribution in [0.25, 0.3) is 0 Å². The monoisotopic (exact) mass is 226 g/mol. The molecule has 0 aromatic carbocycles. The Morgan fingerprint density at radius 3 is 2.56 bits per heavy atom. The Morgan fingerprint density at radius 2 is 1.94 bits per heavy atom. The third-order valence-electron chi connectivity index (χ3n) is 3.20. The Hall–Kier alpha value is -0.570. The van der Waals surface area contributed by atoms with Crippen LogP contribution < -0.4 is 10.6 Å². The maximum absolute atomic E-state index is 11.5. The van der Waals surface area contributed by atoms with Gasteiger partial charge in [0.2, 0.25) is 5.91 Å². The Labute approximate surface area is 99.4 Å². The molecule has 0 bridgehead atoms. The van der Waals surface area contributed by atoms with Gasteiger partial charge in [0.05, 0.1) is 6.54 Å². The maximum atomic E-state index is 11.5. The third-order valence-corrected chi connectivity index (χ3v) is 3.20. The molecular formula is C13H26N2O. The zero-order valence-corrected chi connectivity index (χ0v) is 10.7. The van der Waals surface area contributed by atoms with E-state index in [9.17, 15) is 4.79 Å². The predicted octanol–water partition coefficient (Wildman–Crippen LogP) is 2.07. The van der Waals surface area contributed by atoms with Gasteiger partial charge in [-0.15, -0.1) is 0 Å². The van der Waals surface area contributed by atoms with Crippen LogP contribution in [0.2, 0.25) is 0 Å². The standard InChI is InChI=1S/C13H26N2O/c1-11(2)8-9-14-13(16)10-15-12-6-4-3-5-7-12/h11-12,15H,3-10H2,1-2H3,(H,14,16). The number of carbonyl (C=O) groups excluding carboxylic acids is 1. The topological polar surface area (TPSA) is 41.1 Å². The summed E-state index contributed by atoms with van der Waals surface area (Å²) in [5.74, 6) is 0.804. The smallest absolute Gasteiger partial charge is 0.233 e. The Morgan fingerprint density at radius 1 is 1.25 bits per heavy atom. The van der Waals surface area contributed by atoms with Gasteiger partial charge in [0.15, 0.2) is 0 Å². The van der Waals surface area contributed by atoms with Crippen LogP contribution in [0.4, 0.5) is 0 Å². The first kappa shape index (κ1) is 13.5. The molecule has 1 amide bonds. The lowest BCUT2D eigenvalue weighted by atomic mass is 9.95. The van der Waals surface area contributed by atoms with E-state index in [4.69, 9.17) is 0 Å². The number of hydrogen-bond donors (Lipinski definition) is 2. The van der Waals surface area contributed by atoms with E-state index in [1.807, 2.05) is 0 Å². The van der Waals surface area contributed by atoms with Gasteiger partial charge in [-0.25, -0.2) is 0 Å². The highest BCUT2D eigenvalue weighted by Gasteiger charge is 2.13. The molecule has 16 heavy (non-hydrogen) atoms. The van der Waals surface area contributed by atoms with Crippen molar-refractivity contribution in [1.82, 2.24) is 10.6 Å². The van der Waals surface area contributed by atoms with E-state index in [0.29, 0.717) is 18.5 Å². The van der Waals surface area contributed by atoms with Crippen molar-refractivity contribution in [3.63, 3.8) is 0 Å². The summed E-state index contributed by atoms with van der Waals surface area (Å²) >= 11 is 0. The molecular weight excluding hydrogens is 200 g/mol. The summed E-state index contributed by atoms with van der Waals surface area (Å²) in [4.78, 5) is 11.5. The number of hydrogen-bond acceptors (Lipinski definition) is 2. The quantitative estimate of drug-likeness (QED) is 0.728. The lowest BCUT2D eigenvalue weighted by molar-refractivity contribution is -0.120. The van der Waals surface area contributed by atoms with Gasteiger partial charge >= 0.3 is 0 Å². The van der Waals surface area contributed by atoms with Crippen molar-refractivity contribution in [1.29, 1.82) is 0 Å². The zero-order valence-electron chi connectivity index (χ0n) is 10.7. The molecule has 94 valence electrons. The summed E-state index contributed by atoms with van der Waals surface area (Å²) in [6.07, 6.45) is 7.52. The van der Waals surface area contributed by atoms with Gasteiger partial charge in [-0.2, -0.15) is 0 Å². The minimum Gasteiger partial charge on any atom is -0.355 e. The van der Waals surface area contributed by atoms with Gasteiger partial charge in [0.1, 0.15) is 0 Å². The average Bonchev–Trinajstić information content (AvgIpc) is 2.27. The van der Waals surface area contributed by atoms with E-state index in [1.165, 1.54) is 32.1 Å². The first-order valence-corrected chi connectivity index (χ1v) is 6.68. The highest BCUT2D eigenvalue weighted by molar-refractivity contribution is 5.77. The maximum Gasteiger partial charge on any atom is 0.233 e. The van der Waals surface area contributed by atoms with Crippen molar-refractivity contribution in [3.8, 4) is 0 Å². The van der Waals surface area contributed by atoms with Crippen LogP contribution in [0.5, 0.6) is 0 Å². The van der Waals surface area contributed by atoms with E-state index in [0.717, 1.165) is 13.0 Å². The normalized spacial score (nSPS) is 17.7. The van der Waals surface area contributed by atoms with Gasteiger partial charge in [0, 0.05) is 12.6 Å². The van der Waals surface area contributed by atoms with E-state index in [-0.39, 0.29) is 5.91 Å². The summed E-state index contributed by atoms with van der Waals surface area (Å²) in [5.41, 5.74) is 0. The summed E-state index contributed by atoms with van der Waals surface area (Å²) in [7, 11) is 0. The molecule has 0 aliphatic heterocycles. The zero-order chi connectivity index (χ0) is 11.8. The molecule has 1 aliphatic carbocycles. The number of rotatable bonds is 6. The summed E-state index contributed by atoms with van der Waals surface area (Å²) in [5, 5.41) is 6.30. The SMILES string of the molecule is CC(C)CCNC(=O)CNC1CCCCC1. The predicted molar refractivity (Wildman–Crippen MR) is 67.3 cm³/mol. The fourth-order valence-corrected chi connectivity index (χ4v) is 2.11. The van der Waals surface area contributed by atoms with E-state index < -0.39 is 0 Å². The van der Waals surface area contributed by atoms with E-state index >= 15 is 0 Å². The van der Waals surface area contributed by atoms with Crippen LogP contribution >= 0.6 is 0 Å². The fourth-order valence-electron chi connectivity index (χ4n) is 2.11. The van der Waals surface area contributed by atoms with Crippen LogP contribution in [0.15, 0.2) is 0 Å². The third kappa shape index (κ3) is 6.11. The molecule has 0 spiro atoms. The highest BCUT2D eigenvalue weighted by atomic mass is 16.1. The molecule has 1 rings (SSSR count). The molecule has 3 heteroatoms. The van der Waals surface area contributed by atoms with Crippen molar-refractivity contribution in [2.24, 2.45) is 5.92 Å². The lowest BCUT2D eigenvalue weighted by Crippen LogP contribution is -2.40. The van der Waals surface area contributed by atoms with Crippen molar-refractivity contribution >= 4 is 5.91 Å². The summed E-state index contributed by atoms with van der Waals surface area (Å²) in [6, 6.07) is 0.574. The Bertz CT molecular complexity index is 198. The van der Waals surface area contributed by atoms with Crippen molar-refractivity contribution in [2.45, 2.75) is 58.4 Å².